The molecule has 6 rings (SSSR count). The van der Waals surface area contributed by atoms with Gasteiger partial charge >= 0.3 is 11.9 Å². The lowest BCUT2D eigenvalue weighted by Gasteiger charge is -2.12. The predicted molar refractivity (Wildman–Crippen MR) is 214 cm³/mol. The third kappa shape index (κ3) is 10.4. The van der Waals surface area contributed by atoms with Crippen molar-refractivity contribution in [2.24, 2.45) is 5.73 Å². The fourth-order valence-corrected chi connectivity index (χ4v) is 6.10. The molecule has 2 aromatic heterocycles. The molecule has 6 aromatic rings. The fraction of sp³-hybridized carbons (Fsp3) is 0.238. The van der Waals surface area contributed by atoms with Gasteiger partial charge in [0.15, 0.2) is 0 Å². The second kappa shape index (κ2) is 18.7. The number of aromatic nitrogens is 4. The standard InChI is InChI=1S/C42H35Cl2N7O8/c1-22(2)56-35-11-7-26(15-28(35)18-45)40-48-38(50-58-40)30-9-5-24(13-32(30)43)20-54-37(52)17-34(47)42(53)55-21-25-6-10-31(33(44)14-25)39-49-41(59-51-39)27-8-12-36(57-23(3)4)29(16-27)19-46/h5-16,22-23,34H,17,20-21,47H2,1-4H3/t34-/m0/s1. The van der Waals surface area contributed by atoms with Gasteiger partial charge in [-0.05, 0) is 99.5 Å². The SMILES string of the molecule is CC(C)Oc1ccc(-c2nc(-c3ccc(COC(=O)C[C@H](N)C(=O)OCc4ccc(-c5noc(-c6ccc(OC(C)C)c(C#N)c6)n5)c(Cl)c4)cc3Cl)no2)cc1C#N. The zero-order valence-electron chi connectivity index (χ0n) is 32.1. The Morgan fingerprint density at radius 1 is 0.695 bits per heavy atom. The van der Waals surface area contributed by atoms with Crippen molar-refractivity contribution < 1.29 is 37.6 Å². The van der Waals surface area contributed by atoms with Gasteiger partial charge in [-0.1, -0.05) is 45.6 Å². The van der Waals surface area contributed by atoms with Crippen LogP contribution in [0.25, 0.3) is 45.7 Å². The maximum atomic E-state index is 12.6. The van der Waals surface area contributed by atoms with Gasteiger partial charge in [0.1, 0.15) is 42.9 Å². The van der Waals surface area contributed by atoms with Gasteiger partial charge in [0, 0.05) is 22.3 Å². The van der Waals surface area contributed by atoms with E-state index >= 15 is 0 Å². The first-order valence-corrected chi connectivity index (χ1v) is 18.8. The second-order valence-corrected chi connectivity index (χ2v) is 14.3. The maximum absolute atomic E-state index is 12.6. The third-order valence-corrected chi connectivity index (χ3v) is 8.92. The van der Waals surface area contributed by atoms with Crippen LogP contribution in [0.2, 0.25) is 10.0 Å². The number of nitrogens with two attached hydrogens (primary N) is 1. The molecule has 59 heavy (non-hydrogen) atoms. The van der Waals surface area contributed by atoms with Crippen LogP contribution in [0.4, 0.5) is 0 Å². The van der Waals surface area contributed by atoms with Crippen LogP contribution in [0.1, 0.15) is 56.4 Å². The Kier molecular flexibility index (Phi) is 13.2. The predicted octanol–water partition coefficient (Wildman–Crippen LogP) is 8.25. The molecule has 17 heteroatoms. The van der Waals surface area contributed by atoms with Gasteiger partial charge in [-0.2, -0.15) is 20.5 Å². The summed E-state index contributed by atoms with van der Waals surface area (Å²) in [6.07, 6.45) is -0.641. The summed E-state index contributed by atoms with van der Waals surface area (Å²) >= 11 is 13.1. The highest BCUT2D eigenvalue weighted by atomic mass is 35.5. The van der Waals surface area contributed by atoms with Crippen molar-refractivity contribution in [1.82, 2.24) is 20.3 Å². The van der Waals surface area contributed by atoms with Gasteiger partial charge in [-0.3, -0.25) is 9.59 Å². The van der Waals surface area contributed by atoms with E-state index in [1.165, 1.54) is 0 Å². The lowest BCUT2D eigenvalue weighted by molar-refractivity contribution is -0.153. The highest BCUT2D eigenvalue weighted by Gasteiger charge is 2.22. The molecule has 0 amide bonds. The Morgan fingerprint density at radius 2 is 1.15 bits per heavy atom. The van der Waals surface area contributed by atoms with Crippen molar-refractivity contribution >= 4 is 35.1 Å². The molecule has 0 saturated carbocycles. The summed E-state index contributed by atoms with van der Waals surface area (Å²) in [6.45, 7) is 7.15. The van der Waals surface area contributed by atoms with E-state index in [1.807, 2.05) is 27.7 Å². The first kappa shape index (κ1) is 41.8. The van der Waals surface area contributed by atoms with Gasteiger partial charge in [-0.25, -0.2) is 0 Å². The number of benzene rings is 4. The van der Waals surface area contributed by atoms with Crippen LogP contribution in [-0.4, -0.2) is 50.5 Å². The summed E-state index contributed by atoms with van der Waals surface area (Å²) in [7, 11) is 0. The van der Waals surface area contributed by atoms with Crippen LogP contribution >= 0.6 is 23.2 Å². The minimum Gasteiger partial charge on any atom is -0.490 e. The van der Waals surface area contributed by atoms with Crippen molar-refractivity contribution in [3.8, 4) is 69.3 Å². The summed E-state index contributed by atoms with van der Waals surface area (Å²) in [5.41, 5.74) is 9.69. The number of esters is 2. The molecule has 0 radical (unpaired) electrons. The Balaban J connectivity index is 0.983. The lowest BCUT2D eigenvalue weighted by atomic mass is 10.1. The topological polar surface area (TPSA) is 222 Å². The molecule has 300 valence electrons. The highest BCUT2D eigenvalue weighted by Crippen LogP contribution is 2.33. The Labute approximate surface area is 348 Å². The van der Waals surface area contributed by atoms with Crippen molar-refractivity contribution in [3.63, 3.8) is 0 Å². The Bertz CT molecular complexity index is 2590. The maximum Gasteiger partial charge on any atom is 0.323 e. The number of ether oxygens (including phenoxy) is 4. The summed E-state index contributed by atoms with van der Waals surface area (Å²) < 4.78 is 32.9. The lowest BCUT2D eigenvalue weighted by Crippen LogP contribution is -2.35. The molecule has 0 spiro atoms. The molecule has 0 aliphatic heterocycles. The van der Waals surface area contributed by atoms with Crippen LogP contribution in [0.3, 0.4) is 0 Å². The number of rotatable bonds is 15. The minimum absolute atomic E-state index is 0.104. The molecule has 0 aliphatic rings. The minimum atomic E-state index is -1.29. The van der Waals surface area contributed by atoms with E-state index in [-0.39, 0.29) is 58.9 Å². The molecule has 0 fully saturated rings. The van der Waals surface area contributed by atoms with Crippen molar-refractivity contribution in [2.45, 2.75) is 65.6 Å². The van der Waals surface area contributed by atoms with Gasteiger partial charge in [0.25, 0.3) is 11.8 Å². The van der Waals surface area contributed by atoms with E-state index < -0.39 is 24.4 Å². The van der Waals surface area contributed by atoms with E-state index in [2.05, 4.69) is 32.4 Å². The Morgan fingerprint density at radius 3 is 1.58 bits per heavy atom. The first-order valence-electron chi connectivity index (χ1n) is 18.1. The van der Waals surface area contributed by atoms with E-state index in [0.717, 1.165) is 0 Å². The quantitative estimate of drug-likeness (QED) is 0.0962. The second-order valence-electron chi connectivity index (χ2n) is 13.5. The smallest absolute Gasteiger partial charge is 0.323 e. The zero-order valence-corrected chi connectivity index (χ0v) is 33.6. The van der Waals surface area contributed by atoms with Gasteiger partial charge < -0.3 is 33.7 Å². The van der Waals surface area contributed by atoms with E-state index in [0.29, 0.717) is 56.0 Å². The van der Waals surface area contributed by atoms with Crippen molar-refractivity contribution in [1.29, 1.82) is 10.5 Å². The molecule has 4 aromatic carbocycles. The van der Waals surface area contributed by atoms with E-state index in [9.17, 15) is 20.1 Å². The highest BCUT2D eigenvalue weighted by molar-refractivity contribution is 6.33. The van der Waals surface area contributed by atoms with Crippen molar-refractivity contribution in [3.05, 3.63) is 105 Å². The van der Waals surface area contributed by atoms with Gasteiger partial charge in [0.05, 0.1) is 39.8 Å². The number of nitrogens with zero attached hydrogens (tertiary/aromatic N) is 6. The number of carbonyl (C=O) groups excluding carboxylic acids is 2. The number of carbonyl (C=O) groups is 2. The monoisotopic (exact) mass is 835 g/mol. The van der Waals surface area contributed by atoms with Crippen LogP contribution in [0.5, 0.6) is 11.5 Å². The van der Waals surface area contributed by atoms with E-state index in [4.69, 9.17) is 56.9 Å². The summed E-state index contributed by atoms with van der Waals surface area (Å²) in [4.78, 5) is 34.1. The molecule has 15 nitrogen and oxygen atoms in total. The molecular formula is C42H35Cl2N7O8. The van der Waals surface area contributed by atoms with Gasteiger partial charge in [-0.15, -0.1) is 0 Å². The molecule has 1 atom stereocenters. The molecule has 0 aliphatic carbocycles. The van der Waals surface area contributed by atoms with E-state index in [1.54, 1.807) is 72.8 Å². The normalized spacial score (nSPS) is 11.5. The largest absolute Gasteiger partial charge is 0.490 e. The zero-order chi connectivity index (χ0) is 42.2. The average molecular weight is 837 g/mol. The number of nitriles is 2. The van der Waals surface area contributed by atoms with Crippen LogP contribution in [-0.2, 0) is 32.3 Å². The van der Waals surface area contributed by atoms with Crippen LogP contribution < -0.4 is 15.2 Å². The summed E-state index contributed by atoms with van der Waals surface area (Å²) in [6, 6.07) is 22.7. The molecule has 2 heterocycles. The molecular weight excluding hydrogens is 801 g/mol. The third-order valence-electron chi connectivity index (χ3n) is 8.29. The molecule has 0 bridgehead atoms. The first-order chi connectivity index (χ1) is 28.3. The molecule has 0 unspecified atom stereocenters. The van der Waals surface area contributed by atoms with Crippen LogP contribution in [0.15, 0.2) is 81.8 Å². The number of halogens is 2. The number of hydrogen-bond acceptors (Lipinski definition) is 15. The Hall–Kier alpha value is -6.78. The summed E-state index contributed by atoms with van der Waals surface area (Å²) in [5, 5.41) is 27.7. The number of hydrogen-bond donors (Lipinski definition) is 1. The van der Waals surface area contributed by atoms with Crippen molar-refractivity contribution in [2.75, 3.05) is 0 Å². The fourth-order valence-electron chi connectivity index (χ4n) is 5.52. The molecule has 2 N–H and O–H groups in total. The van der Waals surface area contributed by atoms with Crippen LogP contribution in [0, 0.1) is 22.7 Å². The molecule has 0 saturated heterocycles. The average Bonchev–Trinajstić information content (AvgIpc) is 3.90. The summed E-state index contributed by atoms with van der Waals surface area (Å²) in [5.74, 6) is 0.137. The van der Waals surface area contributed by atoms with Gasteiger partial charge in [0.2, 0.25) is 11.6 Å².